The van der Waals surface area contributed by atoms with Crippen molar-refractivity contribution in [2.45, 2.75) is 0 Å². The van der Waals surface area contributed by atoms with Crippen molar-refractivity contribution in [1.82, 2.24) is 15.2 Å². The molecule has 3 heterocycles. The molecule has 1 aromatic rings. The number of amides is 1. The minimum absolute atomic E-state index is 0.118. The van der Waals surface area contributed by atoms with Crippen molar-refractivity contribution in [2.75, 3.05) is 45.2 Å². The second kappa shape index (κ2) is 4.81. The maximum Gasteiger partial charge on any atom is 0.255 e. The first-order valence-corrected chi connectivity index (χ1v) is 6.78. The van der Waals surface area contributed by atoms with E-state index in [0.29, 0.717) is 17.4 Å². The summed E-state index contributed by atoms with van der Waals surface area (Å²) < 4.78 is 0. The van der Waals surface area contributed by atoms with E-state index in [1.165, 1.54) is 0 Å². The molecule has 102 valence electrons. The Morgan fingerprint density at radius 1 is 1.32 bits per heavy atom. The molecule has 5 nitrogen and oxygen atoms in total. The Hall–Kier alpha value is -1.62. The molecule has 0 aliphatic carbocycles. The van der Waals surface area contributed by atoms with Gasteiger partial charge < -0.3 is 15.1 Å². The molecule has 1 aromatic heterocycles. The smallest absolute Gasteiger partial charge is 0.255 e. The molecule has 5 heteroatoms. The fraction of sp³-hybridized carbons (Fsp3) is 0.571. The number of likely N-dealkylation sites (tertiary alicyclic amines) is 1. The van der Waals surface area contributed by atoms with E-state index in [1.807, 2.05) is 36.0 Å². The van der Waals surface area contributed by atoms with Gasteiger partial charge in [-0.2, -0.15) is 0 Å². The molecule has 0 bridgehead atoms. The summed E-state index contributed by atoms with van der Waals surface area (Å²) in [6.45, 7) is 3.86. The fourth-order valence-electron chi connectivity index (χ4n) is 2.98. The van der Waals surface area contributed by atoms with Crippen LogP contribution in [0, 0.1) is 11.8 Å². The van der Waals surface area contributed by atoms with E-state index in [4.69, 9.17) is 0 Å². The molecular formula is C14H20N4O. The molecule has 0 saturated carbocycles. The van der Waals surface area contributed by atoms with Gasteiger partial charge in [0.25, 0.3) is 5.91 Å². The van der Waals surface area contributed by atoms with Crippen molar-refractivity contribution < 1.29 is 4.79 Å². The summed E-state index contributed by atoms with van der Waals surface area (Å²) in [5.41, 5.74) is 0.693. The number of fused-ring (bicyclic) bond motifs is 1. The van der Waals surface area contributed by atoms with E-state index < -0.39 is 0 Å². The molecule has 3 rings (SSSR count). The Balaban J connectivity index is 1.70. The number of carbonyl (C=O) groups excluding carboxylic acids is 1. The van der Waals surface area contributed by atoms with Gasteiger partial charge in [0.05, 0.1) is 5.56 Å². The van der Waals surface area contributed by atoms with Crippen molar-refractivity contribution in [3.63, 3.8) is 0 Å². The zero-order valence-electron chi connectivity index (χ0n) is 11.5. The van der Waals surface area contributed by atoms with Crippen LogP contribution in [0.25, 0.3) is 0 Å². The molecule has 0 spiro atoms. The van der Waals surface area contributed by atoms with Crippen LogP contribution < -0.4 is 10.2 Å². The number of rotatable bonds is 2. The number of hydrogen-bond donors (Lipinski definition) is 1. The molecule has 19 heavy (non-hydrogen) atoms. The minimum atomic E-state index is 0.118. The molecule has 0 radical (unpaired) electrons. The summed E-state index contributed by atoms with van der Waals surface area (Å²) in [5.74, 6) is 2.27. The number of hydrogen-bond acceptors (Lipinski definition) is 4. The molecule has 1 amide bonds. The van der Waals surface area contributed by atoms with E-state index >= 15 is 0 Å². The first-order valence-electron chi connectivity index (χ1n) is 6.78. The van der Waals surface area contributed by atoms with E-state index in [1.54, 1.807) is 6.20 Å². The predicted molar refractivity (Wildman–Crippen MR) is 74.3 cm³/mol. The van der Waals surface area contributed by atoms with Crippen LogP contribution in [0.2, 0.25) is 0 Å². The van der Waals surface area contributed by atoms with Crippen LogP contribution >= 0.6 is 0 Å². The van der Waals surface area contributed by atoms with Crippen molar-refractivity contribution in [1.29, 1.82) is 0 Å². The Bertz CT molecular complexity index is 459. The van der Waals surface area contributed by atoms with Gasteiger partial charge in [-0.25, -0.2) is 4.98 Å². The van der Waals surface area contributed by atoms with E-state index in [9.17, 15) is 4.79 Å². The summed E-state index contributed by atoms with van der Waals surface area (Å²) in [5, 5.41) is 3.39. The first-order chi connectivity index (χ1) is 9.15. The highest BCUT2D eigenvalue weighted by Crippen LogP contribution is 2.27. The van der Waals surface area contributed by atoms with Gasteiger partial charge in [0, 0.05) is 46.5 Å². The van der Waals surface area contributed by atoms with E-state index in [2.05, 4.69) is 10.3 Å². The molecule has 2 aliphatic heterocycles. The lowest BCUT2D eigenvalue weighted by molar-refractivity contribution is 0.0781. The Kier molecular flexibility index (Phi) is 3.14. The minimum Gasteiger partial charge on any atom is -0.363 e. The molecule has 1 N–H and O–H groups in total. The predicted octanol–water partition coefficient (Wildman–Crippen LogP) is 0.439. The number of nitrogens with zero attached hydrogens (tertiary/aromatic N) is 3. The third-order valence-corrected chi connectivity index (χ3v) is 4.13. The monoisotopic (exact) mass is 260 g/mol. The second-order valence-electron chi connectivity index (χ2n) is 5.69. The molecule has 0 aromatic carbocycles. The fourth-order valence-corrected chi connectivity index (χ4v) is 2.98. The van der Waals surface area contributed by atoms with Crippen molar-refractivity contribution in [2.24, 2.45) is 11.8 Å². The summed E-state index contributed by atoms with van der Waals surface area (Å²) >= 11 is 0. The zero-order valence-corrected chi connectivity index (χ0v) is 11.5. The number of nitrogens with one attached hydrogen (secondary N) is 1. The lowest BCUT2D eigenvalue weighted by Crippen LogP contribution is -2.32. The summed E-state index contributed by atoms with van der Waals surface area (Å²) in [4.78, 5) is 20.6. The lowest BCUT2D eigenvalue weighted by Gasteiger charge is -2.18. The summed E-state index contributed by atoms with van der Waals surface area (Å²) in [6, 6.07) is 3.77. The second-order valence-corrected chi connectivity index (χ2v) is 5.69. The first kappa shape index (κ1) is 12.4. The van der Waals surface area contributed by atoms with Gasteiger partial charge in [0.15, 0.2) is 0 Å². The van der Waals surface area contributed by atoms with Crippen molar-refractivity contribution in [3.05, 3.63) is 23.9 Å². The highest BCUT2D eigenvalue weighted by atomic mass is 16.2. The maximum atomic E-state index is 12.4. The van der Waals surface area contributed by atoms with Crippen LogP contribution in [0.4, 0.5) is 5.82 Å². The van der Waals surface area contributed by atoms with E-state index in [-0.39, 0.29) is 5.91 Å². The highest BCUT2D eigenvalue weighted by molar-refractivity contribution is 5.94. The molecule has 2 atom stereocenters. The van der Waals surface area contributed by atoms with Crippen LogP contribution in [0.5, 0.6) is 0 Å². The third-order valence-electron chi connectivity index (χ3n) is 4.13. The number of anilines is 1. The number of pyridine rings is 1. The molecule has 2 saturated heterocycles. The van der Waals surface area contributed by atoms with E-state index in [0.717, 1.165) is 32.0 Å². The van der Waals surface area contributed by atoms with Gasteiger partial charge in [-0.05, 0) is 24.0 Å². The molecular weight excluding hydrogens is 240 g/mol. The topological polar surface area (TPSA) is 48.5 Å². The molecule has 2 fully saturated rings. The van der Waals surface area contributed by atoms with Gasteiger partial charge in [-0.3, -0.25) is 4.79 Å². The SMILES string of the molecule is CN(C)c1ccc(C(=O)N2C[C@H]3CNC[C@H]3C2)cn1. The third kappa shape index (κ3) is 2.30. The average Bonchev–Trinajstić information content (AvgIpc) is 2.98. The molecule has 0 unspecified atom stereocenters. The van der Waals surface area contributed by atoms with Crippen LogP contribution in [-0.4, -0.2) is 56.1 Å². The molecule has 2 aliphatic rings. The number of carbonyl (C=O) groups is 1. The highest BCUT2D eigenvalue weighted by Gasteiger charge is 2.38. The quantitative estimate of drug-likeness (QED) is 0.838. The summed E-state index contributed by atoms with van der Waals surface area (Å²) in [6.07, 6.45) is 1.68. The standard InChI is InChI=1S/C14H20N4O/c1-17(2)13-4-3-10(7-16-13)14(19)18-8-11-5-15-6-12(11)9-18/h3-4,7,11-12,15H,5-6,8-9H2,1-2H3/t11-,12+. The summed E-state index contributed by atoms with van der Waals surface area (Å²) in [7, 11) is 3.89. The van der Waals surface area contributed by atoms with Gasteiger partial charge >= 0.3 is 0 Å². The average molecular weight is 260 g/mol. The largest absolute Gasteiger partial charge is 0.363 e. The Labute approximate surface area is 113 Å². The zero-order chi connectivity index (χ0) is 13.4. The van der Waals surface area contributed by atoms with Gasteiger partial charge in [-0.1, -0.05) is 0 Å². The normalized spacial score (nSPS) is 25.5. The van der Waals surface area contributed by atoms with Crippen molar-refractivity contribution in [3.8, 4) is 0 Å². The Morgan fingerprint density at radius 3 is 2.53 bits per heavy atom. The van der Waals surface area contributed by atoms with Crippen LogP contribution in [0.15, 0.2) is 18.3 Å². The van der Waals surface area contributed by atoms with Crippen LogP contribution in [-0.2, 0) is 0 Å². The maximum absolute atomic E-state index is 12.4. The van der Waals surface area contributed by atoms with Crippen LogP contribution in [0.1, 0.15) is 10.4 Å². The van der Waals surface area contributed by atoms with Gasteiger partial charge in [0.1, 0.15) is 5.82 Å². The van der Waals surface area contributed by atoms with Gasteiger partial charge in [0.2, 0.25) is 0 Å². The lowest BCUT2D eigenvalue weighted by atomic mass is 10.0. The van der Waals surface area contributed by atoms with Crippen LogP contribution in [0.3, 0.4) is 0 Å². The number of aromatic nitrogens is 1. The van der Waals surface area contributed by atoms with Gasteiger partial charge in [-0.15, -0.1) is 0 Å². The Morgan fingerprint density at radius 2 is 2.00 bits per heavy atom. The van der Waals surface area contributed by atoms with Crippen molar-refractivity contribution >= 4 is 11.7 Å².